The minimum Gasteiger partial charge on any atom is -0.381 e. The highest BCUT2D eigenvalue weighted by molar-refractivity contribution is 5.86. The van der Waals surface area contributed by atoms with E-state index >= 15 is 0 Å². The van der Waals surface area contributed by atoms with Crippen molar-refractivity contribution in [1.29, 1.82) is 0 Å². The largest absolute Gasteiger partial charge is 0.381 e. The van der Waals surface area contributed by atoms with Crippen molar-refractivity contribution >= 4 is 36.6 Å². The lowest BCUT2D eigenvalue weighted by Gasteiger charge is -2.37. The zero-order chi connectivity index (χ0) is 18.4. The van der Waals surface area contributed by atoms with E-state index in [2.05, 4.69) is 10.2 Å². The van der Waals surface area contributed by atoms with E-state index in [4.69, 9.17) is 10.5 Å². The number of rotatable bonds is 5. The summed E-state index contributed by atoms with van der Waals surface area (Å²) < 4.78 is 5.29. The van der Waals surface area contributed by atoms with Crippen molar-refractivity contribution in [3.05, 3.63) is 0 Å². The van der Waals surface area contributed by atoms with Gasteiger partial charge in [0.05, 0.1) is 5.54 Å². The van der Waals surface area contributed by atoms with E-state index < -0.39 is 5.54 Å². The maximum atomic E-state index is 12.6. The maximum absolute atomic E-state index is 12.6. The average Bonchev–Trinajstić information content (AvgIpc) is 2.69. The minimum absolute atomic E-state index is 0. The molecule has 0 atom stereocenters. The lowest BCUT2D eigenvalue weighted by Crippen LogP contribution is -2.58. The summed E-state index contributed by atoms with van der Waals surface area (Å²) in [6, 6.07) is 0. The summed E-state index contributed by atoms with van der Waals surface area (Å²) in [4.78, 5) is 29.3. The predicted octanol–water partition coefficient (Wildman–Crippen LogP) is 1.18. The van der Waals surface area contributed by atoms with Crippen molar-refractivity contribution in [3.63, 3.8) is 0 Å². The van der Waals surface area contributed by atoms with Crippen molar-refractivity contribution in [1.82, 2.24) is 15.1 Å². The Morgan fingerprint density at radius 3 is 2.21 bits per heavy atom. The molecule has 0 spiro atoms. The standard InChI is InChI=1S/C19H34N4O3.2ClH/c20-19(6-14-26-15-7-19)18(25)21-8-9-22-10-12-23(13-11-22)17(24)16-4-2-1-3-5-16;;/h16H,1-15,20H2,(H,21,25);2*1H. The molecule has 0 aromatic rings. The third-order valence-electron chi connectivity index (χ3n) is 6.19. The molecule has 3 rings (SSSR count). The fourth-order valence-corrected chi connectivity index (χ4v) is 4.27. The van der Waals surface area contributed by atoms with Crippen LogP contribution in [0, 0.1) is 5.92 Å². The highest BCUT2D eigenvalue weighted by Crippen LogP contribution is 2.25. The Morgan fingerprint density at radius 2 is 1.61 bits per heavy atom. The van der Waals surface area contributed by atoms with Crippen LogP contribution < -0.4 is 11.1 Å². The summed E-state index contributed by atoms with van der Waals surface area (Å²) in [5.74, 6) is 0.559. The molecule has 7 nitrogen and oxygen atoms in total. The van der Waals surface area contributed by atoms with Crippen molar-refractivity contribution in [2.45, 2.75) is 50.5 Å². The minimum atomic E-state index is -0.774. The maximum Gasteiger partial charge on any atom is 0.240 e. The van der Waals surface area contributed by atoms with Gasteiger partial charge in [-0.3, -0.25) is 14.5 Å². The van der Waals surface area contributed by atoms with E-state index in [-0.39, 0.29) is 36.6 Å². The Hall–Kier alpha value is -0.600. The lowest BCUT2D eigenvalue weighted by atomic mass is 9.88. The Balaban J connectivity index is 0.00000196. The van der Waals surface area contributed by atoms with Crippen molar-refractivity contribution in [2.24, 2.45) is 11.7 Å². The smallest absolute Gasteiger partial charge is 0.240 e. The Labute approximate surface area is 180 Å². The van der Waals surface area contributed by atoms with E-state index in [0.717, 1.165) is 45.6 Å². The fourth-order valence-electron chi connectivity index (χ4n) is 4.27. The van der Waals surface area contributed by atoms with Crippen molar-refractivity contribution in [3.8, 4) is 0 Å². The summed E-state index contributed by atoms with van der Waals surface area (Å²) in [5.41, 5.74) is 5.42. The van der Waals surface area contributed by atoms with Crippen LogP contribution in [-0.2, 0) is 14.3 Å². The molecule has 0 aromatic heterocycles. The van der Waals surface area contributed by atoms with Crippen LogP contribution in [0.25, 0.3) is 0 Å². The van der Waals surface area contributed by atoms with Crippen LogP contribution >= 0.6 is 24.8 Å². The third kappa shape index (κ3) is 6.73. The number of carbonyl (C=O) groups is 2. The summed E-state index contributed by atoms with van der Waals surface area (Å²) in [5, 5.41) is 2.98. The van der Waals surface area contributed by atoms with E-state index in [1.165, 1.54) is 19.3 Å². The van der Waals surface area contributed by atoms with E-state index in [9.17, 15) is 9.59 Å². The van der Waals surface area contributed by atoms with Gasteiger partial charge in [-0.2, -0.15) is 0 Å². The van der Waals surface area contributed by atoms with Gasteiger partial charge in [-0.1, -0.05) is 19.3 Å². The van der Waals surface area contributed by atoms with Crippen LogP contribution in [0.4, 0.5) is 0 Å². The van der Waals surface area contributed by atoms with Gasteiger partial charge in [-0.25, -0.2) is 0 Å². The normalized spacial score (nSPS) is 23.2. The van der Waals surface area contributed by atoms with Gasteiger partial charge in [0.2, 0.25) is 11.8 Å². The number of halogens is 2. The summed E-state index contributed by atoms with van der Waals surface area (Å²) in [7, 11) is 0. The highest BCUT2D eigenvalue weighted by Gasteiger charge is 2.35. The molecule has 0 unspecified atom stereocenters. The predicted molar refractivity (Wildman–Crippen MR) is 114 cm³/mol. The van der Waals surface area contributed by atoms with Crippen LogP contribution in [0.2, 0.25) is 0 Å². The Bertz CT molecular complexity index is 490. The molecule has 28 heavy (non-hydrogen) atoms. The van der Waals surface area contributed by atoms with E-state index in [1.54, 1.807) is 0 Å². The topological polar surface area (TPSA) is 87.9 Å². The molecule has 1 aliphatic carbocycles. The van der Waals surface area contributed by atoms with Gasteiger partial charge in [0.15, 0.2) is 0 Å². The number of nitrogens with two attached hydrogens (primary N) is 1. The molecule has 2 amide bonds. The van der Waals surface area contributed by atoms with Gasteiger partial charge in [0.25, 0.3) is 0 Å². The first-order valence-electron chi connectivity index (χ1n) is 10.2. The number of piperazine rings is 1. The number of hydrogen-bond donors (Lipinski definition) is 2. The van der Waals surface area contributed by atoms with Gasteiger partial charge in [-0.05, 0) is 25.7 Å². The number of amides is 2. The second-order valence-corrected chi connectivity index (χ2v) is 8.03. The molecule has 9 heteroatoms. The monoisotopic (exact) mass is 438 g/mol. The zero-order valence-corrected chi connectivity index (χ0v) is 18.3. The van der Waals surface area contributed by atoms with Gasteiger partial charge in [0.1, 0.15) is 0 Å². The van der Waals surface area contributed by atoms with Crippen molar-refractivity contribution in [2.75, 3.05) is 52.5 Å². The number of nitrogens with zero attached hydrogens (tertiary/aromatic N) is 2. The number of ether oxygens (including phenoxy) is 1. The molecular weight excluding hydrogens is 403 g/mol. The Morgan fingerprint density at radius 1 is 1.00 bits per heavy atom. The zero-order valence-electron chi connectivity index (χ0n) is 16.7. The molecule has 3 fully saturated rings. The number of carbonyl (C=O) groups excluding carboxylic acids is 2. The van der Waals surface area contributed by atoms with E-state index in [0.29, 0.717) is 38.5 Å². The molecule has 3 aliphatic rings. The molecule has 0 radical (unpaired) electrons. The third-order valence-corrected chi connectivity index (χ3v) is 6.19. The SMILES string of the molecule is Cl.Cl.NC1(C(=O)NCCN2CCN(C(=O)C3CCCCC3)CC2)CCOCC1. The molecular formula is C19H36Cl2N4O3. The molecule has 2 saturated heterocycles. The van der Waals surface area contributed by atoms with Gasteiger partial charge >= 0.3 is 0 Å². The summed E-state index contributed by atoms with van der Waals surface area (Å²) in [6.07, 6.45) is 6.98. The van der Waals surface area contributed by atoms with Gasteiger partial charge < -0.3 is 20.7 Å². The molecule has 2 aliphatic heterocycles. The Kier molecular flexibility index (Phi) is 11.1. The first-order chi connectivity index (χ1) is 12.6. The van der Waals surface area contributed by atoms with Gasteiger partial charge in [-0.15, -0.1) is 24.8 Å². The first kappa shape index (κ1) is 25.4. The van der Waals surface area contributed by atoms with Crippen LogP contribution in [0.15, 0.2) is 0 Å². The number of nitrogens with one attached hydrogen (secondary N) is 1. The van der Waals surface area contributed by atoms with Crippen LogP contribution in [0.3, 0.4) is 0 Å². The average molecular weight is 439 g/mol. The molecule has 3 N–H and O–H groups in total. The number of hydrogen-bond acceptors (Lipinski definition) is 5. The quantitative estimate of drug-likeness (QED) is 0.672. The molecule has 164 valence electrons. The summed E-state index contributed by atoms with van der Waals surface area (Å²) >= 11 is 0. The van der Waals surface area contributed by atoms with Crippen molar-refractivity contribution < 1.29 is 14.3 Å². The second-order valence-electron chi connectivity index (χ2n) is 8.03. The van der Waals surface area contributed by atoms with Crippen LogP contribution in [0.1, 0.15) is 44.9 Å². The van der Waals surface area contributed by atoms with Crippen LogP contribution in [0.5, 0.6) is 0 Å². The molecule has 0 bridgehead atoms. The highest BCUT2D eigenvalue weighted by atomic mass is 35.5. The molecule has 2 heterocycles. The summed E-state index contributed by atoms with van der Waals surface area (Å²) in [6.45, 7) is 5.91. The first-order valence-corrected chi connectivity index (χ1v) is 10.2. The van der Waals surface area contributed by atoms with Crippen LogP contribution in [-0.4, -0.2) is 79.6 Å². The molecule has 1 saturated carbocycles. The second kappa shape index (κ2) is 12.2. The molecule has 0 aromatic carbocycles. The van der Waals surface area contributed by atoms with Gasteiger partial charge in [0, 0.05) is 58.4 Å². The fraction of sp³-hybridized carbons (Fsp3) is 0.895. The lowest BCUT2D eigenvalue weighted by molar-refractivity contribution is -0.138. The van der Waals surface area contributed by atoms with E-state index in [1.807, 2.05) is 4.90 Å².